The van der Waals surface area contributed by atoms with E-state index >= 15 is 0 Å². The van der Waals surface area contributed by atoms with Crippen LogP contribution in [0, 0.1) is 3.57 Å². The zero-order valence-corrected chi connectivity index (χ0v) is 13.0. The van der Waals surface area contributed by atoms with E-state index in [2.05, 4.69) is 49.2 Å². The molecule has 1 atom stereocenters. The van der Waals surface area contributed by atoms with Gasteiger partial charge in [0.15, 0.2) is 0 Å². The Hall–Kier alpha value is -0.300. The van der Waals surface area contributed by atoms with E-state index in [4.69, 9.17) is 0 Å². The van der Waals surface area contributed by atoms with E-state index < -0.39 is 0 Å². The van der Waals surface area contributed by atoms with E-state index in [9.17, 15) is 4.79 Å². The molecule has 0 spiro atoms. The SMILES string of the molecule is O=C1NCCCCC1Nc1cc(Br)ccc1I. The van der Waals surface area contributed by atoms with Crippen molar-refractivity contribution in [3.8, 4) is 0 Å². The lowest BCUT2D eigenvalue weighted by molar-refractivity contribution is -0.121. The number of carbonyl (C=O) groups excluding carboxylic acids is 1. The second-order valence-electron chi connectivity index (χ2n) is 4.11. The number of hydrogen-bond donors (Lipinski definition) is 2. The molecule has 1 heterocycles. The van der Waals surface area contributed by atoms with Gasteiger partial charge in [-0.15, -0.1) is 0 Å². The van der Waals surface area contributed by atoms with Crippen molar-refractivity contribution in [2.75, 3.05) is 11.9 Å². The third-order valence-electron chi connectivity index (χ3n) is 2.79. The molecule has 17 heavy (non-hydrogen) atoms. The van der Waals surface area contributed by atoms with Crippen molar-refractivity contribution in [1.82, 2.24) is 5.32 Å². The fourth-order valence-electron chi connectivity index (χ4n) is 1.87. The van der Waals surface area contributed by atoms with Crippen molar-refractivity contribution >= 4 is 50.1 Å². The van der Waals surface area contributed by atoms with Crippen LogP contribution < -0.4 is 10.6 Å². The molecule has 5 heteroatoms. The molecule has 0 saturated carbocycles. The largest absolute Gasteiger partial charge is 0.373 e. The molecule has 1 aromatic carbocycles. The number of nitrogens with one attached hydrogen (secondary N) is 2. The number of carbonyl (C=O) groups is 1. The second-order valence-corrected chi connectivity index (χ2v) is 6.19. The molecule has 1 fully saturated rings. The van der Waals surface area contributed by atoms with Gasteiger partial charge < -0.3 is 10.6 Å². The summed E-state index contributed by atoms with van der Waals surface area (Å²) in [6.07, 6.45) is 3.05. The topological polar surface area (TPSA) is 41.1 Å². The van der Waals surface area contributed by atoms with Gasteiger partial charge in [-0.3, -0.25) is 4.79 Å². The van der Waals surface area contributed by atoms with Gasteiger partial charge in [-0.2, -0.15) is 0 Å². The van der Waals surface area contributed by atoms with Crippen LogP contribution >= 0.6 is 38.5 Å². The molecule has 3 nitrogen and oxygen atoms in total. The smallest absolute Gasteiger partial charge is 0.242 e. The number of anilines is 1. The highest BCUT2D eigenvalue weighted by Gasteiger charge is 2.20. The summed E-state index contributed by atoms with van der Waals surface area (Å²) in [5.74, 6) is 0.110. The molecule has 1 aliphatic heterocycles. The van der Waals surface area contributed by atoms with Gasteiger partial charge in [0.05, 0.1) is 0 Å². The molecule has 1 aromatic rings. The first-order chi connectivity index (χ1) is 8.16. The molecule has 0 aromatic heterocycles. The molecule has 0 aliphatic carbocycles. The Labute approximate surface area is 123 Å². The molecular weight excluding hydrogens is 395 g/mol. The minimum atomic E-state index is -0.111. The Morgan fingerprint density at radius 3 is 3.06 bits per heavy atom. The van der Waals surface area contributed by atoms with Crippen LogP contribution in [-0.2, 0) is 4.79 Å². The zero-order valence-electron chi connectivity index (χ0n) is 9.30. The van der Waals surface area contributed by atoms with Crippen molar-refractivity contribution in [1.29, 1.82) is 0 Å². The van der Waals surface area contributed by atoms with E-state index in [1.165, 1.54) is 0 Å². The lowest BCUT2D eigenvalue weighted by Crippen LogP contribution is -2.38. The normalized spacial score (nSPS) is 20.6. The summed E-state index contributed by atoms with van der Waals surface area (Å²) >= 11 is 5.72. The van der Waals surface area contributed by atoms with Crippen molar-refractivity contribution in [3.05, 3.63) is 26.2 Å². The first-order valence-electron chi connectivity index (χ1n) is 5.66. The van der Waals surface area contributed by atoms with Crippen LogP contribution in [0.3, 0.4) is 0 Å². The lowest BCUT2D eigenvalue weighted by Gasteiger charge is -2.17. The zero-order chi connectivity index (χ0) is 12.3. The van der Waals surface area contributed by atoms with E-state index in [0.717, 1.165) is 39.5 Å². The Morgan fingerprint density at radius 1 is 1.41 bits per heavy atom. The van der Waals surface area contributed by atoms with E-state index in [1.807, 2.05) is 18.2 Å². The monoisotopic (exact) mass is 408 g/mol. The fraction of sp³-hybridized carbons (Fsp3) is 0.417. The molecule has 1 aliphatic rings. The molecule has 92 valence electrons. The van der Waals surface area contributed by atoms with Crippen molar-refractivity contribution in [3.63, 3.8) is 0 Å². The first-order valence-corrected chi connectivity index (χ1v) is 7.53. The Kier molecular flexibility index (Phi) is 4.67. The highest BCUT2D eigenvalue weighted by atomic mass is 127. The molecule has 2 rings (SSSR count). The Morgan fingerprint density at radius 2 is 2.24 bits per heavy atom. The maximum Gasteiger partial charge on any atom is 0.242 e. The van der Waals surface area contributed by atoms with Crippen LogP contribution in [0.5, 0.6) is 0 Å². The average Bonchev–Trinajstić information content (AvgIpc) is 2.50. The molecule has 1 unspecified atom stereocenters. The van der Waals surface area contributed by atoms with Crippen LogP contribution in [0.4, 0.5) is 5.69 Å². The summed E-state index contributed by atoms with van der Waals surface area (Å²) in [5.41, 5.74) is 1.02. The average molecular weight is 409 g/mol. The van der Waals surface area contributed by atoms with Gasteiger partial charge in [0.1, 0.15) is 6.04 Å². The number of benzene rings is 1. The number of hydrogen-bond acceptors (Lipinski definition) is 2. The van der Waals surface area contributed by atoms with Gasteiger partial charge in [0, 0.05) is 20.3 Å². The minimum absolute atomic E-state index is 0.110. The fourth-order valence-corrected chi connectivity index (χ4v) is 2.73. The highest BCUT2D eigenvalue weighted by Crippen LogP contribution is 2.24. The minimum Gasteiger partial charge on any atom is -0.373 e. The number of rotatable bonds is 2. The van der Waals surface area contributed by atoms with Gasteiger partial charge >= 0.3 is 0 Å². The number of amides is 1. The summed E-state index contributed by atoms with van der Waals surface area (Å²) in [6.45, 7) is 0.798. The summed E-state index contributed by atoms with van der Waals surface area (Å²) in [7, 11) is 0. The molecule has 1 amide bonds. The maximum absolute atomic E-state index is 11.8. The van der Waals surface area contributed by atoms with Crippen LogP contribution in [0.15, 0.2) is 22.7 Å². The molecule has 1 saturated heterocycles. The van der Waals surface area contributed by atoms with Gasteiger partial charge in [-0.1, -0.05) is 15.9 Å². The van der Waals surface area contributed by atoms with Crippen molar-refractivity contribution in [2.24, 2.45) is 0 Å². The van der Waals surface area contributed by atoms with E-state index in [-0.39, 0.29) is 11.9 Å². The van der Waals surface area contributed by atoms with Gasteiger partial charge in [-0.05, 0) is 60.1 Å². The van der Waals surface area contributed by atoms with Crippen molar-refractivity contribution < 1.29 is 4.79 Å². The standard InChI is InChI=1S/C12H14BrIN2O/c13-8-4-5-9(14)11(7-8)16-10-3-1-2-6-15-12(10)17/h4-5,7,10,16H,1-3,6H2,(H,15,17). The molecule has 2 N–H and O–H groups in total. The summed E-state index contributed by atoms with van der Waals surface area (Å²) in [6, 6.07) is 5.93. The van der Waals surface area contributed by atoms with Crippen LogP contribution in [0.1, 0.15) is 19.3 Å². The predicted molar refractivity (Wildman–Crippen MR) is 81.1 cm³/mol. The third kappa shape index (κ3) is 3.58. The summed E-state index contributed by atoms with van der Waals surface area (Å²) in [4.78, 5) is 11.8. The molecular formula is C12H14BrIN2O. The Balaban J connectivity index is 2.13. The Bertz CT molecular complexity index is 425. The number of halogens is 2. The summed E-state index contributed by atoms with van der Waals surface area (Å²) < 4.78 is 2.15. The highest BCUT2D eigenvalue weighted by molar-refractivity contribution is 14.1. The third-order valence-corrected chi connectivity index (χ3v) is 4.23. The molecule has 0 bridgehead atoms. The first kappa shape index (κ1) is 13.1. The quantitative estimate of drug-likeness (QED) is 0.738. The lowest BCUT2D eigenvalue weighted by atomic mass is 10.1. The maximum atomic E-state index is 11.8. The molecule has 0 radical (unpaired) electrons. The van der Waals surface area contributed by atoms with Gasteiger partial charge in [-0.25, -0.2) is 0 Å². The van der Waals surface area contributed by atoms with Gasteiger partial charge in [0.25, 0.3) is 0 Å². The second kappa shape index (κ2) is 6.04. The van der Waals surface area contributed by atoms with Crippen LogP contribution in [-0.4, -0.2) is 18.5 Å². The van der Waals surface area contributed by atoms with E-state index in [0.29, 0.717) is 0 Å². The predicted octanol–water partition coefficient (Wildman–Crippen LogP) is 3.13. The van der Waals surface area contributed by atoms with E-state index in [1.54, 1.807) is 0 Å². The van der Waals surface area contributed by atoms with Crippen molar-refractivity contribution in [2.45, 2.75) is 25.3 Å². The van der Waals surface area contributed by atoms with Crippen LogP contribution in [0.25, 0.3) is 0 Å². The summed E-state index contributed by atoms with van der Waals surface area (Å²) in [5, 5.41) is 6.26. The van der Waals surface area contributed by atoms with Crippen LogP contribution in [0.2, 0.25) is 0 Å². The van der Waals surface area contributed by atoms with Gasteiger partial charge in [0.2, 0.25) is 5.91 Å².